The molecular weight excluding hydrogens is 244 g/mol. The number of rotatable bonds is 4. The molecule has 17 heavy (non-hydrogen) atoms. The number of epoxide rings is 1. The quantitative estimate of drug-likeness (QED) is 0.781. The lowest BCUT2D eigenvalue weighted by Gasteiger charge is -2.08. The highest BCUT2D eigenvalue weighted by Crippen LogP contribution is 2.31. The molecule has 1 atom stereocenters. The maximum atomic E-state index is 5.93. The minimum Gasteiger partial charge on any atom is -0.490 e. The van der Waals surface area contributed by atoms with Crippen molar-refractivity contribution in [1.29, 1.82) is 0 Å². The molecule has 2 aromatic rings. The van der Waals surface area contributed by atoms with Gasteiger partial charge >= 0.3 is 0 Å². The van der Waals surface area contributed by atoms with E-state index in [4.69, 9.17) is 25.5 Å². The van der Waals surface area contributed by atoms with E-state index >= 15 is 0 Å². The van der Waals surface area contributed by atoms with Crippen molar-refractivity contribution < 1.29 is 13.9 Å². The Morgan fingerprint density at radius 3 is 3.06 bits per heavy atom. The Bertz CT molecular complexity index is 511. The zero-order valence-electron chi connectivity index (χ0n) is 8.80. The Kier molecular flexibility index (Phi) is 2.70. The highest BCUT2D eigenvalue weighted by Gasteiger charge is 2.24. The third-order valence-electron chi connectivity index (χ3n) is 2.36. The van der Waals surface area contributed by atoms with Crippen molar-refractivity contribution in [3.63, 3.8) is 0 Å². The van der Waals surface area contributed by atoms with E-state index in [9.17, 15) is 0 Å². The zero-order valence-corrected chi connectivity index (χ0v) is 9.55. The maximum Gasteiger partial charge on any atom is 0.251 e. The van der Waals surface area contributed by atoms with E-state index < -0.39 is 0 Å². The number of benzene rings is 1. The standard InChI is InChI=1S/C11H9ClN2O3/c12-7-1-2-9(11-14-13-6-17-11)10(3-7)16-5-8-4-15-8/h1-3,6,8H,4-5H2. The van der Waals surface area contributed by atoms with E-state index in [1.807, 2.05) is 0 Å². The van der Waals surface area contributed by atoms with Crippen LogP contribution in [-0.4, -0.2) is 29.5 Å². The summed E-state index contributed by atoms with van der Waals surface area (Å²) < 4.78 is 15.9. The summed E-state index contributed by atoms with van der Waals surface area (Å²) in [5.41, 5.74) is 0.729. The molecule has 1 aromatic heterocycles. The number of ether oxygens (including phenoxy) is 2. The van der Waals surface area contributed by atoms with Gasteiger partial charge in [0.05, 0.1) is 12.2 Å². The normalized spacial score (nSPS) is 18.1. The van der Waals surface area contributed by atoms with Crippen molar-refractivity contribution in [2.24, 2.45) is 0 Å². The van der Waals surface area contributed by atoms with Gasteiger partial charge in [0.2, 0.25) is 6.39 Å². The molecule has 1 saturated heterocycles. The molecule has 1 fully saturated rings. The number of hydrogen-bond donors (Lipinski definition) is 0. The van der Waals surface area contributed by atoms with Crippen LogP contribution >= 0.6 is 11.6 Å². The van der Waals surface area contributed by atoms with Crippen LogP contribution in [-0.2, 0) is 4.74 Å². The van der Waals surface area contributed by atoms with Crippen LogP contribution in [0.2, 0.25) is 5.02 Å². The third kappa shape index (κ3) is 2.40. The molecule has 1 aliphatic heterocycles. The Labute approximate surface area is 102 Å². The van der Waals surface area contributed by atoms with Gasteiger partial charge in [-0.3, -0.25) is 0 Å². The number of halogens is 1. The fourth-order valence-corrected chi connectivity index (χ4v) is 1.59. The molecule has 1 aromatic carbocycles. The third-order valence-corrected chi connectivity index (χ3v) is 2.60. The molecule has 1 aliphatic rings. The van der Waals surface area contributed by atoms with Crippen molar-refractivity contribution in [2.45, 2.75) is 6.10 Å². The predicted molar refractivity (Wildman–Crippen MR) is 60.0 cm³/mol. The van der Waals surface area contributed by atoms with E-state index in [1.54, 1.807) is 18.2 Å². The van der Waals surface area contributed by atoms with Gasteiger partial charge in [-0.2, -0.15) is 0 Å². The van der Waals surface area contributed by atoms with E-state index in [2.05, 4.69) is 10.2 Å². The molecule has 5 nitrogen and oxygen atoms in total. The predicted octanol–water partition coefficient (Wildman–Crippen LogP) is 2.17. The highest BCUT2D eigenvalue weighted by atomic mass is 35.5. The molecule has 0 bridgehead atoms. The lowest BCUT2D eigenvalue weighted by atomic mass is 10.2. The van der Waals surface area contributed by atoms with Crippen LogP contribution in [0.4, 0.5) is 0 Å². The lowest BCUT2D eigenvalue weighted by Crippen LogP contribution is -2.05. The first kappa shape index (κ1) is 10.6. The van der Waals surface area contributed by atoms with Crippen LogP contribution < -0.4 is 4.74 Å². The molecule has 0 N–H and O–H groups in total. The van der Waals surface area contributed by atoms with Gasteiger partial charge in [0.1, 0.15) is 18.5 Å². The Morgan fingerprint density at radius 1 is 1.47 bits per heavy atom. The first-order valence-electron chi connectivity index (χ1n) is 5.13. The highest BCUT2D eigenvalue weighted by molar-refractivity contribution is 6.30. The van der Waals surface area contributed by atoms with Crippen molar-refractivity contribution in [3.8, 4) is 17.2 Å². The van der Waals surface area contributed by atoms with E-state index in [-0.39, 0.29) is 6.10 Å². The summed E-state index contributed by atoms with van der Waals surface area (Å²) >= 11 is 5.93. The molecule has 6 heteroatoms. The molecular formula is C11H9ClN2O3. The smallest absolute Gasteiger partial charge is 0.251 e. The fraction of sp³-hybridized carbons (Fsp3) is 0.273. The van der Waals surface area contributed by atoms with Gasteiger partial charge in [-0.05, 0) is 18.2 Å². The summed E-state index contributed by atoms with van der Waals surface area (Å²) in [5, 5.41) is 8.09. The monoisotopic (exact) mass is 252 g/mol. The summed E-state index contributed by atoms with van der Waals surface area (Å²) in [5.74, 6) is 1.03. The summed E-state index contributed by atoms with van der Waals surface area (Å²) in [6, 6.07) is 5.27. The molecule has 88 valence electrons. The van der Waals surface area contributed by atoms with Crippen LogP contribution in [0.5, 0.6) is 5.75 Å². The maximum absolute atomic E-state index is 5.93. The zero-order chi connectivity index (χ0) is 11.7. The summed E-state index contributed by atoms with van der Waals surface area (Å²) in [6.45, 7) is 1.25. The van der Waals surface area contributed by atoms with E-state index in [1.165, 1.54) is 6.39 Å². The lowest BCUT2D eigenvalue weighted by molar-refractivity contribution is 0.263. The Morgan fingerprint density at radius 2 is 2.35 bits per heavy atom. The van der Waals surface area contributed by atoms with Crippen LogP contribution in [0.15, 0.2) is 29.0 Å². The molecule has 1 unspecified atom stereocenters. The molecule has 3 rings (SSSR count). The van der Waals surface area contributed by atoms with Gasteiger partial charge in [0, 0.05) is 5.02 Å². The second-order valence-electron chi connectivity index (χ2n) is 3.65. The summed E-state index contributed by atoms with van der Waals surface area (Å²) in [7, 11) is 0. The number of hydrogen-bond acceptors (Lipinski definition) is 5. The average Bonchev–Trinajstić information content (AvgIpc) is 3.00. The average molecular weight is 253 g/mol. The molecule has 0 spiro atoms. The fourth-order valence-electron chi connectivity index (χ4n) is 1.43. The van der Waals surface area contributed by atoms with Crippen molar-refractivity contribution in [2.75, 3.05) is 13.2 Å². The van der Waals surface area contributed by atoms with E-state index in [0.29, 0.717) is 23.3 Å². The van der Waals surface area contributed by atoms with Gasteiger partial charge in [0.25, 0.3) is 5.89 Å². The van der Waals surface area contributed by atoms with Gasteiger partial charge in [0.15, 0.2) is 0 Å². The van der Waals surface area contributed by atoms with Crippen molar-refractivity contribution in [1.82, 2.24) is 10.2 Å². The molecule has 0 amide bonds. The van der Waals surface area contributed by atoms with Crippen molar-refractivity contribution >= 4 is 11.6 Å². The first-order chi connectivity index (χ1) is 8.33. The molecule has 0 saturated carbocycles. The van der Waals surface area contributed by atoms with Gasteiger partial charge < -0.3 is 13.9 Å². The SMILES string of the molecule is Clc1ccc(-c2nnco2)c(OCC2CO2)c1. The van der Waals surface area contributed by atoms with Gasteiger partial charge in [-0.15, -0.1) is 10.2 Å². The topological polar surface area (TPSA) is 60.7 Å². The minimum atomic E-state index is 0.185. The van der Waals surface area contributed by atoms with E-state index in [0.717, 1.165) is 12.2 Å². The molecule has 2 heterocycles. The van der Waals surface area contributed by atoms with Crippen LogP contribution in [0.3, 0.4) is 0 Å². The van der Waals surface area contributed by atoms with Crippen molar-refractivity contribution in [3.05, 3.63) is 29.6 Å². The molecule has 0 aliphatic carbocycles. The second kappa shape index (κ2) is 4.35. The summed E-state index contributed by atoms with van der Waals surface area (Å²) in [4.78, 5) is 0. The minimum absolute atomic E-state index is 0.185. The van der Waals surface area contributed by atoms with Crippen LogP contribution in [0, 0.1) is 0 Å². The molecule has 0 radical (unpaired) electrons. The largest absolute Gasteiger partial charge is 0.490 e. The van der Waals surface area contributed by atoms with Crippen LogP contribution in [0.25, 0.3) is 11.5 Å². The first-order valence-corrected chi connectivity index (χ1v) is 5.51. The Balaban J connectivity index is 1.89. The number of aromatic nitrogens is 2. The Hall–Kier alpha value is -1.59. The summed E-state index contributed by atoms with van der Waals surface area (Å²) in [6.07, 6.45) is 1.46. The second-order valence-corrected chi connectivity index (χ2v) is 4.09. The van der Waals surface area contributed by atoms with Gasteiger partial charge in [-0.25, -0.2) is 0 Å². The van der Waals surface area contributed by atoms with Gasteiger partial charge in [-0.1, -0.05) is 11.6 Å². The van der Waals surface area contributed by atoms with Crippen LogP contribution in [0.1, 0.15) is 0 Å². The number of nitrogens with zero attached hydrogens (tertiary/aromatic N) is 2.